The standard InChI is InChI=1S/C33H31N3O5S/c1-22(31(37)34-25-14-9-16-27(20-25)40-2)42-28-17-10-15-26(21-28)35-33(39)29(19-24-13-7-8-18-30(24)41-3)36-32(38)23-11-5-4-6-12-23/h4-22H,1-3H3,(H,34,37)(H,35,39)(H,36,38)/b29-19+. The maximum absolute atomic E-state index is 13.5. The second kappa shape index (κ2) is 14.6. The number of methoxy groups -OCH3 is 2. The van der Waals surface area contributed by atoms with Gasteiger partial charge in [-0.05, 0) is 61.5 Å². The molecule has 0 aliphatic rings. The van der Waals surface area contributed by atoms with E-state index in [1.165, 1.54) is 18.9 Å². The zero-order chi connectivity index (χ0) is 29.9. The zero-order valence-corrected chi connectivity index (χ0v) is 24.2. The summed E-state index contributed by atoms with van der Waals surface area (Å²) in [6, 6.07) is 30.1. The number of benzene rings is 4. The topological polar surface area (TPSA) is 106 Å². The molecule has 214 valence electrons. The molecular weight excluding hydrogens is 550 g/mol. The first-order valence-corrected chi connectivity index (χ1v) is 14.0. The van der Waals surface area contributed by atoms with E-state index >= 15 is 0 Å². The van der Waals surface area contributed by atoms with Crippen LogP contribution in [0.5, 0.6) is 11.5 Å². The van der Waals surface area contributed by atoms with Crippen molar-refractivity contribution < 1.29 is 23.9 Å². The van der Waals surface area contributed by atoms with Gasteiger partial charge in [0.1, 0.15) is 17.2 Å². The summed E-state index contributed by atoms with van der Waals surface area (Å²) in [5.74, 6) is 0.0866. The van der Waals surface area contributed by atoms with Gasteiger partial charge in [-0.25, -0.2) is 0 Å². The molecule has 0 aliphatic carbocycles. The molecule has 0 saturated heterocycles. The van der Waals surface area contributed by atoms with Gasteiger partial charge < -0.3 is 25.4 Å². The highest BCUT2D eigenvalue weighted by Gasteiger charge is 2.18. The Balaban J connectivity index is 1.49. The van der Waals surface area contributed by atoms with E-state index in [0.29, 0.717) is 34.0 Å². The maximum Gasteiger partial charge on any atom is 0.272 e. The molecule has 0 aromatic heterocycles. The fraction of sp³-hybridized carbons (Fsp3) is 0.121. The summed E-state index contributed by atoms with van der Waals surface area (Å²) in [4.78, 5) is 40.0. The minimum Gasteiger partial charge on any atom is -0.497 e. The highest BCUT2D eigenvalue weighted by atomic mass is 32.2. The smallest absolute Gasteiger partial charge is 0.272 e. The van der Waals surface area contributed by atoms with Gasteiger partial charge in [0.2, 0.25) is 5.91 Å². The lowest BCUT2D eigenvalue weighted by atomic mass is 10.1. The van der Waals surface area contributed by atoms with Crippen molar-refractivity contribution in [3.8, 4) is 11.5 Å². The van der Waals surface area contributed by atoms with Crippen molar-refractivity contribution in [3.05, 3.63) is 120 Å². The van der Waals surface area contributed by atoms with E-state index < -0.39 is 17.1 Å². The van der Waals surface area contributed by atoms with E-state index in [4.69, 9.17) is 9.47 Å². The maximum atomic E-state index is 13.5. The van der Waals surface area contributed by atoms with Gasteiger partial charge in [-0.15, -0.1) is 11.8 Å². The Morgan fingerprint density at radius 1 is 0.762 bits per heavy atom. The Kier molecular flexibility index (Phi) is 10.4. The van der Waals surface area contributed by atoms with Crippen LogP contribution < -0.4 is 25.4 Å². The highest BCUT2D eigenvalue weighted by Crippen LogP contribution is 2.28. The van der Waals surface area contributed by atoms with E-state index in [1.807, 2.05) is 24.3 Å². The molecule has 42 heavy (non-hydrogen) atoms. The number of carbonyl (C=O) groups excluding carboxylic acids is 3. The molecule has 0 fully saturated rings. The number of anilines is 2. The third-order valence-electron chi connectivity index (χ3n) is 6.08. The van der Waals surface area contributed by atoms with Gasteiger partial charge in [0.25, 0.3) is 11.8 Å². The van der Waals surface area contributed by atoms with Crippen LogP contribution in [0.4, 0.5) is 11.4 Å². The normalized spacial score (nSPS) is 11.6. The van der Waals surface area contributed by atoms with Gasteiger partial charge in [0.15, 0.2) is 0 Å². The molecule has 8 nitrogen and oxygen atoms in total. The van der Waals surface area contributed by atoms with Crippen LogP contribution in [-0.2, 0) is 9.59 Å². The number of amides is 3. The molecule has 4 aromatic carbocycles. The molecule has 4 rings (SSSR count). The minimum absolute atomic E-state index is 0.0393. The summed E-state index contributed by atoms with van der Waals surface area (Å²) in [7, 11) is 3.11. The lowest BCUT2D eigenvalue weighted by Gasteiger charge is -2.15. The number of rotatable bonds is 11. The molecule has 4 aromatic rings. The molecular formula is C33H31N3O5S. The highest BCUT2D eigenvalue weighted by molar-refractivity contribution is 8.00. The van der Waals surface area contributed by atoms with E-state index in [1.54, 1.807) is 99.0 Å². The van der Waals surface area contributed by atoms with Crippen LogP contribution in [-0.4, -0.2) is 37.2 Å². The monoisotopic (exact) mass is 581 g/mol. The summed E-state index contributed by atoms with van der Waals surface area (Å²) in [5.41, 5.74) is 2.22. The Labute approximate surface area is 249 Å². The van der Waals surface area contributed by atoms with Crippen molar-refractivity contribution in [2.75, 3.05) is 24.9 Å². The number of nitrogens with one attached hydrogen (secondary N) is 3. The summed E-state index contributed by atoms with van der Waals surface area (Å²) < 4.78 is 10.6. The van der Waals surface area contributed by atoms with Crippen LogP contribution in [0.3, 0.4) is 0 Å². The van der Waals surface area contributed by atoms with Crippen molar-refractivity contribution in [1.82, 2.24) is 5.32 Å². The Morgan fingerprint density at radius 3 is 2.19 bits per heavy atom. The average molecular weight is 582 g/mol. The molecule has 9 heteroatoms. The molecule has 0 radical (unpaired) electrons. The molecule has 3 N–H and O–H groups in total. The van der Waals surface area contributed by atoms with Gasteiger partial charge in [-0.3, -0.25) is 14.4 Å². The van der Waals surface area contributed by atoms with E-state index in [2.05, 4.69) is 16.0 Å². The SMILES string of the molecule is COc1cccc(NC(=O)C(C)Sc2cccc(NC(=O)/C(=C\c3ccccc3OC)NC(=O)c3ccccc3)c2)c1. The van der Waals surface area contributed by atoms with E-state index in [0.717, 1.165) is 4.90 Å². The molecule has 0 saturated carbocycles. The Morgan fingerprint density at radius 2 is 1.45 bits per heavy atom. The van der Waals surface area contributed by atoms with Gasteiger partial charge in [0, 0.05) is 33.5 Å². The van der Waals surface area contributed by atoms with Crippen LogP contribution in [0.2, 0.25) is 0 Å². The number of hydrogen-bond acceptors (Lipinski definition) is 6. The summed E-state index contributed by atoms with van der Waals surface area (Å²) in [6.07, 6.45) is 1.57. The van der Waals surface area contributed by atoms with Crippen LogP contribution in [0.25, 0.3) is 6.08 Å². The van der Waals surface area contributed by atoms with E-state index in [9.17, 15) is 14.4 Å². The zero-order valence-electron chi connectivity index (χ0n) is 23.4. The van der Waals surface area contributed by atoms with Gasteiger partial charge in [0.05, 0.1) is 19.5 Å². The predicted octanol–water partition coefficient (Wildman–Crippen LogP) is 6.23. The van der Waals surface area contributed by atoms with Crippen molar-refractivity contribution in [1.29, 1.82) is 0 Å². The first-order valence-electron chi connectivity index (χ1n) is 13.1. The quantitative estimate of drug-likeness (QED) is 0.143. The number of hydrogen-bond donors (Lipinski definition) is 3. The second-order valence-electron chi connectivity index (χ2n) is 9.08. The van der Waals surface area contributed by atoms with Gasteiger partial charge in [-0.2, -0.15) is 0 Å². The minimum atomic E-state index is -0.517. The third-order valence-corrected chi connectivity index (χ3v) is 7.17. The fourth-order valence-corrected chi connectivity index (χ4v) is 4.86. The lowest BCUT2D eigenvalue weighted by Crippen LogP contribution is -2.30. The van der Waals surface area contributed by atoms with Gasteiger partial charge in [-0.1, -0.05) is 48.5 Å². The third kappa shape index (κ3) is 8.25. The Bertz CT molecular complexity index is 1590. The first-order chi connectivity index (χ1) is 20.4. The van der Waals surface area contributed by atoms with Crippen LogP contribution in [0.1, 0.15) is 22.8 Å². The van der Waals surface area contributed by atoms with Crippen LogP contribution in [0.15, 0.2) is 114 Å². The van der Waals surface area contributed by atoms with E-state index in [-0.39, 0.29) is 11.6 Å². The molecule has 0 bridgehead atoms. The fourth-order valence-electron chi connectivity index (χ4n) is 3.93. The van der Waals surface area contributed by atoms with Crippen LogP contribution >= 0.6 is 11.8 Å². The molecule has 1 unspecified atom stereocenters. The largest absolute Gasteiger partial charge is 0.497 e. The Hall–Kier alpha value is -5.02. The first kappa shape index (κ1) is 30.0. The number of carbonyl (C=O) groups is 3. The van der Waals surface area contributed by atoms with Gasteiger partial charge >= 0.3 is 0 Å². The number of thioether (sulfide) groups is 1. The van der Waals surface area contributed by atoms with Crippen LogP contribution in [0, 0.1) is 0 Å². The van der Waals surface area contributed by atoms with Crippen molar-refractivity contribution in [2.24, 2.45) is 0 Å². The van der Waals surface area contributed by atoms with Crippen molar-refractivity contribution in [3.63, 3.8) is 0 Å². The molecule has 0 heterocycles. The predicted molar refractivity (Wildman–Crippen MR) is 167 cm³/mol. The number of para-hydroxylation sites is 1. The molecule has 3 amide bonds. The average Bonchev–Trinajstić information content (AvgIpc) is 3.01. The second-order valence-corrected chi connectivity index (χ2v) is 10.5. The van der Waals surface area contributed by atoms with Crippen molar-refractivity contribution >= 4 is 46.9 Å². The molecule has 0 aliphatic heterocycles. The summed E-state index contributed by atoms with van der Waals surface area (Å²) in [5, 5.41) is 8.07. The number of ether oxygens (including phenoxy) is 2. The molecule has 0 spiro atoms. The lowest BCUT2D eigenvalue weighted by molar-refractivity contribution is -0.115. The van der Waals surface area contributed by atoms with Crippen molar-refractivity contribution in [2.45, 2.75) is 17.1 Å². The summed E-state index contributed by atoms with van der Waals surface area (Å²) >= 11 is 1.35. The molecule has 1 atom stereocenters. The summed E-state index contributed by atoms with van der Waals surface area (Å²) in [6.45, 7) is 1.80.